The van der Waals surface area contributed by atoms with Crippen LogP contribution in [0.2, 0.25) is 0 Å². The number of β-amino-alcohol motifs (C(OH)–C–C–N with tert-alkyl or cyclic N) is 1. The van der Waals surface area contributed by atoms with Gasteiger partial charge >= 0.3 is 0 Å². The Balaban J connectivity index is 1.34. The SMILES string of the molecule is CCC[C@@H](CCO)Nc1nc(N)nc2cnn(Cc3ncc(CN4C[C@@H]5C[C@H]4CN5CCO)cc3OC)c12. The number of hydrogen-bond donors (Lipinski definition) is 4. The monoisotopic (exact) mass is 525 g/mol. The number of anilines is 2. The molecule has 3 aromatic heterocycles. The minimum absolute atomic E-state index is 0.0642. The number of methoxy groups -OCH3 is 1. The highest BCUT2D eigenvalue weighted by molar-refractivity contribution is 5.86. The number of aliphatic hydroxyl groups excluding tert-OH is 2. The van der Waals surface area contributed by atoms with Gasteiger partial charge in [0.25, 0.3) is 0 Å². The molecule has 5 rings (SSSR count). The summed E-state index contributed by atoms with van der Waals surface area (Å²) in [7, 11) is 1.66. The molecule has 5 heterocycles. The van der Waals surface area contributed by atoms with Crippen LogP contribution < -0.4 is 15.8 Å². The van der Waals surface area contributed by atoms with Crippen molar-refractivity contribution in [2.45, 2.75) is 63.8 Å². The summed E-state index contributed by atoms with van der Waals surface area (Å²) < 4.78 is 7.57. The van der Waals surface area contributed by atoms with E-state index in [-0.39, 0.29) is 25.2 Å². The molecule has 206 valence electrons. The fourth-order valence-corrected chi connectivity index (χ4v) is 5.92. The summed E-state index contributed by atoms with van der Waals surface area (Å²) in [4.78, 5) is 18.5. The molecule has 2 saturated heterocycles. The van der Waals surface area contributed by atoms with Crippen LogP contribution in [0.5, 0.6) is 5.75 Å². The van der Waals surface area contributed by atoms with E-state index >= 15 is 0 Å². The van der Waals surface area contributed by atoms with E-state index in [0.29, 0.717) is 42.1 Å². The molecule has 2 fully saturated rings. The number of hydrogen-bond acceptors (Lipinski definition) is 11. The normalized spacial score (nSPS) is 20.4. The zero-order valence-electron chi connectivity index (χ0n) is 22.3. The van der Waals surface area contributed by atoms with Gasteiger partial charge in [0, 0.05) is 57.1 Å². The summed E-state index contributed by atoms with van der Waals surface area (Å²) in [5.41, 5.74) is 9.25. The van der Waals surface area contributed by atoms with Crippen molar-refractivity contribution in [3.05, 3.63) is 29.7 Å². The molecular formula is C26H39N9O3. The maximum absolute atomic E-state index is 9.50. The van der Waals surface area contributed by atoms with E-state index < -0.39 is 0 Å². The van der Waals surface area contributed by atoms with Crippen molar-refractivity contribution in [3.63, 3.8) is 0 Å². The van der Waals surface area contributed by atoms with Crippen molar-refractivity contribution in [2.24, 2.45) is 0 Å². The fraction of sp³-hybridized carbons (Fsp3) is 0.615. The third-order valence-electron chi connectivity index (χ3n) is 7.71. The Bertz CT molecular complexity index is 1230. The number of fused-ring (bicyclic) bond motifs is 3. The van der Waals surface area contributed by atoms with E-state index in [0.717, 1.165) is 62.2 Å². The standard InChI is InChI=1S/C26H39N9O3/c1-3-4-18(5-7-36)30-25-24-21(31-26(27)32-25)12-29-35(24)16-22-23(38-2)9-17(11-28-22)13-34-15-19-10-20(34)14-33(19)6-8-37/h9,11-12,18-20,36-37H,3-8,10,13-16H2,1-2H3,(H3,27,30,31,32)/t18-,19-,20-/m0/s1. The van der Waals surface area contributed by atoms with Crippen LogP contribution in [0.3, 0.4) is 0 Å². The van der Waals surface area contributed by atoms with E-state index in [2.05, 4.69) is 43.2 Å². The Kier molecular flexibility index (Phi) is 8.22. The average Bonchev–Trinajstić information content (AvgIpc) is 3.60. The van der Waals surface area contributed by atoms with Crippen molar-refractivity contribution in [2.75, 3.05) is 51.0 Å². The van der Waals surface area contributed by atoms with Crippen LogP contribution in [0.15, 0.2) is 18.5 Å². The molecule has 12 nitrogen and oxygen atoms in total. The molecule has 38 heavy (non-hydrogen) atoms. The van der Waals surface area contributed by atoms with E-state index in [4.69, 9.17) is 15.5 Å². The van der Waals surface area contributed by atoms with Crippen LogP contribution in [0.1, 0.15) is 43.9 Å². The highest BCUT2D eigenvalue weighted by Crippen LogP contribution is 2.32. The molecule has 5 N–H and O–H groups in total. The van der Waals surface area contributed by atoms with E-state index in [1.165, 1.54) is 0 Å². The first-order valence-electron chi connectivity index (χ1n) is 13.5. The van der Waals surface area contributed by atoms with E-state index in [1.54, 1.807) is 13.3 Å². The van der Waals surface area contributed by atoms with Crippen LogP contribution in [-0.4, -0.2) is 103 Å². The quantitative estimate of drug-likeness (QED) is 0.254. The van der Waals surface area contributed by atoms with Crippen LogP contribution in [0, 0.1) is 0 Å². The maximum Gasteiger partial charge on any atom is 0.222 e. The lowest BCUT2D eigenvalue weighted by Crippen LogP contribution is -2.46. The van der Waals surface area contributed by atoms with Crippen LogP contribution >= 0.6 is 0 Å². The molecule has 0 radical (unpaired) electrons. The average molecular weight is 526 g/mol. The predicted molar refractivity (Wildman–Crippen MR) is 145 cm³/mol. The van der Waals surface area contributed by atoms with E-state index in [1.807, 2.05) is 10.9 Å². The molecule has 0 aromatic carbocycles. The number of aromatic nitrogens is 5. The smallest absolute Gasteiger partial charge is 0.222 e. The number of likely N-dealkylation sites (tertiary alicyclic amines) is 2. The molecule has 0 spiro atoms. The molecule has 2 aliphatic rings. The molecule has 3 atom stereocenters. The van der Waals surface area contributed by atoms with Crippen molar-refractivity contribution >= 4 is 22.8 Å². The summed E-state index contributed by atoms with van der Waals surface area (Å²) in [6.45, 7) is 6.43. The minimum Gasteiger partial charge on any atom is -0.495 e. The number of piperazine rings is 1. The van der Waals surface area contributed by atoms with Gasteiger partial charge in [-0.25, -0.2) is 4.98 Å². The summed E-state index contributed by atoms with van der Waals surface area (Å²) in [5, 5.41) is 26.8. The second-order valence-electron chi connectivity index (χ2n) is 10.3. The van der Waals surface area contributed by atoms with E-state index in [9.17, 15) is 10.2 Å². The van der Waals surface area contributed by atoms with Crippen molar-refractivity contribution in [3.8, 4) is 5.75 Å². The van der Waals surface area contributed by atoms with Crippen molar-refractivity contribution in [1.82, 2.24) is 34.5 Å². The lowest BCUT2D eigenvalue weighted by atomic mass is 10.1. The van der Waals surface area contributed by atoms with Gasteiger partial charge in [-0.15, -0.1) is 0 Å². The molecule has 0 unspecified atom stereocenters. The first-order valence-corrected chi connectivity index (χ1v) is 13.5. The highest BCUT2D eigenvalue weighted by atomic mass is 16.5. The van der Waals surface area contributed by atoms with Crippen molar-refractivity contribution in [1.29, 1.82) is 0 Å². The third kappa shape index (κ3) is 5.53. The van der Waals surface area contributed by atoms with Gasteiger partial charge in [-0.2, -0.15) is 10.1 Å². The highest BCUT2D eigenvalue weighted by Gasteiger charge is 2.42. The molecule has 3 aromatic rings. The molecule has 0 amide bonds. The number of aliphatic hydroxyl groups is 2. The maximum atomic E-state index is 9.50. The third-order valence-corrected chi connectivity index (χ3v) is 7.71. The molecule has 0 saturated carbocycles. The molecule has 12 heteroatoms. The summed E-state index contributed by atoms with van der Waals surface area (Å²) in [6.07, 6.45) is 7.26. The zero-order chi connectivity index (χ0) is 26.6. The Labute approximate surface area is 222 Å². The summed E-state index contributed by atoms with van der Waals surface area (Å²) in [5.74, 6) is 1.49. The predicted octanol–water partition coefficient (Wildman–Crippen LogP) is 1.07. The molecule has 2 bridgehead atoms. The van der Waals surface area contributed by atoms with Gasteiger partial charge in [0.1, 0.15) is 22.5 Å². The van der Waals surface area contributed by atoms with Gasteiger partial charge in [0.05, 0.1) is 26.5 Å². The molecule has 0 aliphatic carbocycles. The topological polar surface area (TPSA) is 151 Å². The van der Waals surface area contributed by atoms with Gasteiger partial charge in [0.15, 0.2) is 5.82 Å². The summed E-state index contributed by atoms with van der Waals surface area (Å²) >= 11 is 0. The number of nitrogens with two attached hydrogens (primary N) is 1. The van der Waals surface area contributed by atoms with Gasteiger partial charge in [-0.05, 0) is 30.9 Å². The van der Waals surface area contributed by atoms with Crippen molar-refractivity contribution < 1.29 is 14.9 Å². The first-order chi connectivity index (χ1) is 18.5. The number of rotatable bonds is 13. The number of nitrogen functional groups attached to an aromatic ring is 1. The number of ether oxygens (including phenoxy) is 1. The van der Waals surface area contributed by atoms with Gasteiger partial charge in [-0.3, -0.25) is 19.5 Å². The first kappa shape index (κ1) is 26.5. The second kappa shape index (κ2) is 11.8. The number of pyridine rings is 1. The minimum atomic E-state index is 0.0642. The van der Waals surface area contributed by atoms with Crippen LogP contribution in [0.4, 0.5) is 11.8 Å². The Morgan fingerprint density at radius 2 is 1.92 bits per heavy atom. The number of nitrogens with zero attached hydrogens (tertiary/aromatic N) is 7. The van der Waals surface area contributed by atoms with Gasteiger partial charge in [-0.1, -0.05) is 13.3 Å². The largest absolute Gasteiger partial charge is 0.495 e. The van der Waals surface area contributed by atoms with Crippen LogP contribution in [-0.2, 0) is 13.1 Å². The number of nitrogens with one attached hydrogen (secondary N) is 1. The Morgan fingerprint density at radius 3 is 2.63 bits per heavy atom. The lowest BCUT2D eigenvalue weighted by Gasteiger charge is -2.33. The van der Waals surface area contributed by atoms with Crippen LogP contribution in [0.25, 0.3) is 11.0 Å². The van der Waals surface area contributed by atoms with Gasteiger partial charge < -0.3 is 26.0 Å². The Morgan fingerprint density at radius 1 is 1.11 bits per heavy atom. The lowest BCUT2D eigenvalue weighted by molar-refractivity contribution is 0.105. The van der Waals surface area contributed by atoms with Gasteiger partial charge in [0.2, 0.25) is 5.95 Å². The molecular weight excluding hydrogens is 486 g/mol. The second-order valence-corrected chi connectivity index (χ2v) is 10.3. The molecule has 2 aliphatic heterocycles. The Hall–Kier alpha value is -3.06. The fourth-order valence-electron chi connectivity index (χ4n) is 5.92. The zero-order valence-corrected chi connectivity index (χ0v) is 22.3. The summed E-state index contributed by atoms with van der Waals surface area (Å²) in [6, 6.07) is 3.18.